The van der Waals surface area contributed by atoms with Crippen molar-refractivity contribution in [2.75, 3.05) is 13.1 Å². The highest BCUT2D eigenvalue weighted by Crippen LogP contribution is 2.34. The Morgan fingerprint density at radius 2 is 1.88 bits per heavy atom. The molecule has 1 heterocycles. The fourth-order valence-corrected chi connectivity index (χ4v) is 3.62. The molecule has 2 heteroatoms. The van der Waals surface area contributed by atoms with Crippen molar-refractivity contribution in [3.63, 3.8) is 0 Å². The molecule has 0 saturated carbocycles. The lowest BCUT2D eigenvalue weighted by Gasteiger charge is -2.51. The van der Waals surface area contributed by atoms with Crippen molar-refractivity contribution in [1.29, 1.82) is 0 Å². The van der Waals surface area contributed by atoms with Crippen LogP contribution in [0.2, 0.25) is 0 Å². The molecule has 1 fully saturated rings. The number of nitrogens with zero attached hydrogens (tertiary/aromatic N) is 1. The van der Waals surface area contributed by atoms with Crippen LogP contribution in [0.1, 0.15) is 54.4 Å². The second-order valence-corrected chi connectivity index (χ2v) is 7.01. The van der Waals surface area contributed by atoms with Gasteiger partial charge in [-0.15, -0.1) is 0 Å². The highest BCUT2D eigenvalue weighted by Gasteiger charge is 2.39. The van der Waals surface area contributed by atoms with Gasteiger partial charge in [-0.1, -0.05) is 27.7 Å². The SMILES string of the molecule is CC(C)CC(C)(CN)N1CC(C)CC(C)C1C. The van der Waals surface area contributed by atoms with E-state index in [9.17, 15) is 0 Å². The molecule has 0 radical (unpaired) electrons. The van der Waals surface area contributed by atoms with Crippen LogP contribution in [-0.4, -0.2) is 29.6 Å². The second-order valence-electron chi connectivity index (χ2n) is 7.01. The number of likely N-dealkylation sites (tertiary alicyclic amines) is 1. The van der Waals surface area contributed by atoms with E-state index in [0.717, 1.165) is 18.4 Å². The summed E-state index contributed by atoms with van der Waals surface area (Å²) in [4.78, 5) is 2.69. The Morgan fingerprint density at radius 1 is 1.29 bits per heavy atom. The Kier molecular flexibility index (Phi) is 5.03. The van der Waals surface area contributed by atoms with Crippen LogP contribution < -0.4 is 5.73 Å². The average molecular weight is 240 g/mol. The maximum absolute atomic E-state index is 6.10. The molecule has 0 aromatic rings. The minimum atomic E-state index is 0.177. The first kappa shape index (κ1) is 15.0. The van der Waals surface area contributed by atoms with Gasteiger partial charge in [0.1, 0.15) is 0 Å². The molecule has 17 heavy (non-hydrogen) atoms. The van der Waals surface area contributed by atoms with E-state index in [1.165, 1.54) is 19.4 Å². The number of nitrogens with two attached hydrogens (primary N) is 1. The first-order valence-electron chi connectivity index (χ1n) is 7.27. The molecule has 0 aliphatic carbocycles. The van der Waals surface area contributed by atoms with Gasteiger partial charge >= 0.3 is 0 Å². The third-order valence-electron chi connectivity index (χ3n) is 4.58. The van der Waals surface area contributed by atoms with Crippen LogP contribution >= 0.6 is 0 Å². The van der Waals surface area contributed by atoms with Gasteiger partial charge in [-0.05, 0) is 44.4 Å². The molecule has 2 N–H and O–H groups in total. The van der Waals surface area contributed by atoms with Crippen LogP contribution in [0, 0.1) is 17.8 Å². The monoisotopic (exact) mass is 240 g/mol. The number of hydrogen-bond donors (Lipinski definition) is 1. The average Bonchev–Trinajstić information content (AvgIpc) is 2.22. The summed E-state index contributed by atoms with van der Waals surface area (Å²) in [6.45, 7) is 16.1. The smallest absolute Gasteiger partial charge is 0.0309 e. The van der Waals surface area contributed by atoms with Gasteiger partial charge < -0.3 is 5.73 Å². The van der Waals surface area contributed by atoms with Crippen molar-refractivity contribution in [3.8, 4) is 0 Å². The highest BCUT2D eigenvalue weighted by atomic mass is 15.2. The minimum absolute atomic E-state index is 0.177. The summed E-state index contributed by atoms with van der Waals surface area (Å²) in [5.41, 5.74) is 6.27. The fourth-order valence-electron chi connectivity index (χ4n) is 3.62. The maximum Gasteiger partial charge on any atom is 0.0309 e. The molecule has 0 amide bonds. The predicted molar refractivity (Wildman–Crippen MR) is 76.0 cm³/mol. The molecule has 4 atom stereocenters. The second kappa shape index (κ2) is 5.71. The van der Waals surface area contributed by atoms with E-state index >= 15 is 0 Å². The molecular formula is C15H32N2. The normalized spacial score (nSPS) is 34.9. The molecule has 4 unspecified atom stereocenters. The summed E-state index contributed by atoms with van der Waals surface area (Å²) >= 11 is 0. The molecule has 0 aromatic carbocycles. The summed E-state index contributed by atoms with van der Waals surface area (Å²) in [7, 11) is 0. The minimum Gasteiger partial charge on any atom is -0.329 e. The Balaban J connectivity index is 2.85. The van der Waals surface area contributed by atoms with Crippen molar-refractivity contribution < 1.29 is 0 Å². The third-order valence-corrected chi connectivity index (χ3v) is 4.58. The van der Waals surface area contributed by atoms with Crippen molar-refractivity contribution in [3.05, 3.63) is 0 Å². The zero-order valence-corrected chi connectivity index (χ0v) is 12.7. The zero-order valence-electron chi connectivity index (χ0n) is 12.7. The van der Waals surface area contributed by atoms with Crippen LogP contribution in [0.25, 0.3) is 0 Å². The van der Waals surface area contributed by atoms with E-state index in [4.69, 9.17) is 5.73 Å². The Bertz CT molecular complexity index is 239. The van der Waals surface area contributed by atoms with Gasteiger partial charge in [0.25, 0.3) is 0 Å². The van der Waals surface area contributed by atoms with Crippen LogP contribution in [0.15, 0.2) is 0 Å². The lowest BCUT2D eigenvalue weighted by Crippen LogP contribution is -2.60. The molecule has 1 saturated heterocycles. The molecule has 0 spiro atoms. The van der Waals surface area contributed by atoms with E-state index in [1.54, 1.807) is 0 Å². The topological polar surface area (TPSA) is 29.3 Å². The molecule has 1 aliphatic heterocycles. The van der Waals surface area contributed by atoms with Gasteiger partial charge in [-0.25, -0.2) is 0 Å². The van der Waals surface area contributed by atoms with Crippen LogP contribution in [-0.2, 0) is 0 Å². The lowest BCUT2D eigenvalue weighted by molar-refractivity contribution is -0.0168. The quantitative estimate of drug-likeness (QED) is 0.818. The number of rotatable bonds is 4. The Morgan fingerprint density at radius 3 is 2.35 bits per heavy atom. The summed E-state index contributed by atoms with van der Waals surface area (Å²) in [5.74, 6) is 2.30. The molecule has 2 nitrogen and oxygen atoms in total. The van der Waals surface area contributed by atoms with Gasteiger partial charge in [0.15, 0.2) is 0 Å². The maximum atomic E-state index is 6.10. The summed E-state index contributed by atoms with van der Waals surface area (Å²) in [6, 6.07) is 0.665. The van der Waals surface area contributed by atoms with E-state index in [-0.39, 0.29) is 5.54 Å². The van der Waals surface area contributed by atoms with Crippen molar-refractivity contribution in [2.24, 2.45) is 23.5 Å². The Labute approximate surface area is 108 Å². The van der Waals surface area contributed by atoms with Crippen molar-refractivity contribution >= 4 is 0 Å². The van der Waals surface area contributed by atoms with E-state index in [1.807, 2.05) is 0 Å². The molecule has 1 aliphatic rings. The number of piperidine rings is 1. The van der Waals surface area contributed by atoms with Gasteiger partial charge in [-0.2, -0.15) is 0 Å². The fraction of sp³-hybridized carbons (Fsp3) is 1.00. The van der Waals surface area contributed by atoms with Gasteiger partial charge in [0, 0.05) is 24.7 Å². The first-order chi connectivity index (χ1) is 7.80. The highest BCUT2D eigenvalue weighted by molar-refractivity contribution is 4.95. The molecule has 0 bridgehead atoms. The van der Waals surface area contributed by atoms with Gasteiger partial charge in [0.05, 0.1) is 0 Å². The largest absolute Gasteiger partial charge is 0.329 e. The van der Waals surface area contributed by atoms with E-state index in [2.05, 4.69) is 46.4 Å². The van der Waals surface area contributed by atoms with Crippen molar-refractivity contribution in [2.45, 2.75) is 66.0 Å². The zero-order chi connectivity index (χ0) is 13.2. The predicted octanol–water partition coefficient (Wildman–Crippen LogP) is 3.12. The first-order valence-corrected chi connectivity index (χ1v) is 7.27. The molecular weight excluding hydrogens is 208 g/mol. The van der Waals surface area contributed by atoms with E-state index in [0.29, 0.717) is 12.0 Å². The van der Waals surface area contributed by atoms with Crippen LogP contribution in [0.3, 0.4) is 0 Å². The summed E-state index contributed by atoms with van der Waals surface area (Å²) in [5, 5.41) is 0. The molecule has 102 valence electrons. The summed E-state index contributed by atoms with van der Waals surface area (Å²) < 4.78 is 0. The van der Waals surface area contributed by atoms with Crippen LogP contribution in [0.4, 0.5) is 0 Å². The lowest BCUT2D eigenvalue weighted by atomic mass is 9.79. The van der Waals surface area contributed by atoms with Crippen molar-refractivity contribution in [1.82, 2.24) is 4.90 Å². The standard InChI is InChI=1S/C15H32N2/c1-11(2)8-15(6,10-16)17-9-12(3)7-13(4)14(17)5/h11-14H,7-10,16H2,1-6H3. The van der Waals surface area contributed by atoms with Gasteiger partial charge in [0.2, 0.25) is 0 Å². The van der Waals surface area contributed by atoms with Crippen LogP contribution in [0.5, 0.6) is 0 Å². The number of hydrogen-bond acceptors (Lipinski definition) is 2. The molecule has 1 rings (SSSR count). The third kappa shape index (κ3) is 3.45. The summed E-state index contributed by atoms with van der Waals surface area (Å²) in [6.07, 6.45) is 2.56. The molecule has 0 aromatic heterocycles. The Hall–Kier alpha value is -0.0800. The van der Waals surface area contributed by atoms with E-state index < -0.39 is 0 Å². The van der Waals surface area contributed by atoms with Gasteiger partial charge in [-0.3, -0.25) is 4.90 Å².